The van der Waals surface area contributed by atoms with E-state index in [1.54, 1.807) is 0 Å². The number of rotatable bonds is 5. The lowest BCUT2D eigenvalue weighted by molar-refractivity contribution is 0.587. The molecule has 0 aliphatic rings. The van der Waals surface area contributed by atoms with Crippen molar-refractivity contribution in [3.63, 3.8) is 0 Å². The van der Waals surface area contributed by atoms with E-state index in [0.717, 1.165) is 15.6 Å². The molecule has 1 aromatic carbocycles. The highest BCUT2D eigenvalue weighted by molar-refractivity contribution is 9.10. The molecule has 1 atom stereocenters. The van der Waals surface area contributed by atoms with Crippen LogP contribution in [0.4, 0.5) is 0 Å². The molecule has 0 saturated heterocycles. The van der Waals surface area contributed by atoms with E-state index in [1.165, 1.54) is 6.26 Å². The molecule has 0 amide bonds. The Balaban J connectivity index is 2.61. The molecule has 0 spiro atoms. The first-order chi connectivity index (χ1) is 7.79. The molecule has 0 saturated carbocycles. The molecule has 1 aromatic rings. The Kier molecular flexibility index (Phi) is 5.16. The van der Waals surface area contributed by atoms with Crippen molar-refractivity contribution < 1.29 is 8.42 Å². The summed E-state index contributed by atoms with van der Waals surface area (Å²) in [5, 5.41) is 0. The van der Waals surface area contributed by atoms with Gasteiger partial charge in [-0.15, -0.1) is 0 Å². The molecule has 0 radical (unpaired) electrons. The van der Waals surface area contributed by atoms with Crippen LogP contribution in [0.25, 0.3) is 0 Å². The monoisotopic (exact) mass is 319 g/mol. The van der Waals surface area contributed by atoms with Gasteiger partial charge >= 0.3 is 0 Å². The number of aryl methyl sites for hydroxylation is 1. The maximum atomic E-state index is 11.0. The molecule has 0 bridgehead atoms. The number of hydrogen-bond acceptors (Lipinski definition) is 3. The van der Waals surface area contributed by atoms with Crippen LogP contribution in [0.15, 0.2) is 22.7 Å². The number of halogens is 1. The SMILES string of the molecule is Cc1cc(Br)ccc1C(N)CCCS(C)(=O)=O. The molecule has 96 valence electrons. The van der Waals surface area contributed by atoms with Crippen molar-refractivity contribution in [3.05, 3.63) is 33.8 Å². The number of nitrogens with two attached hydrogens (primary N) is 1. The van der Waals surface area contributed by atoms with Crippen molar-refractivity contribution >= 4 is 25.8 Å². The molecule has 1 rings (SSSR count). The zero-order chi connectivity index (χ0) is 13.1. The average molecular weight is 320 g/mol. The van der Waals surface area contributed by atoms with Crippen molar-refractivity contribution in [2.45, 2.75) is 25.8 Å². The standard InChI is InChI=1S/C12H18BrNO2S/c1-9-8-10(13)5-6-11(9)12(14)4-3-7-17(2,15)16/h5-6,8,12H,3-4,7,14H2,1-2H3. The van der Waals surface area contributed by atoms with E-state index in [-0.39, 0.29) is 11.8 Å². The zero-order valence-electron chi connectivity index (χ0n) is 10.1. The van der Waals surface area contributed by atoms with Gasteiger partial charge in [-0.1, -0.05) is 22.0 Å². The maximum Gasteiger partial charge on any atom is 0.147 e. The predicted molar refractivity (Wildman–Crippen MR) is 74.8 cm³/mol. The van der Waals surface area contributed by atoms with E-state index in [2.05, 4.69) is 15.9 Å². The topological polar surface area (TPSA) is 60.2 Å². The van der Waals surface area contributed by atoms with Gasteiger partial charge in [0.25, 0.3) is 0 Å². The van der Waals surface area contributed by atoms with Gasteiger partial charge in [0.2, 0.25) is 0 Å². The first kappa shape index (κ1) is 14.7. The third-order valence-corrected chi connectivity index (χ3v) is 4.19. The largest absolute Gasteiger partial charge is 0.324 e. The van der Waals surface area contributed by atoms with Gasteiger partial charge in [0.05, 0.1) is 0 Å². The van der Waals surface area contributed by atoms with Crippen LogP contribution < -0.4 is 5.73 Å². The van der Waals surface area contributed by atoms with E-state index in [1.807, 2.05) is 25.1 Å². The van der Waals surface area contributed by atoms with Crippen LogP contribution in [0.5, 0.6) is 0 Å². The van der Waals surface area contributed by atoms with Crippen molar-refractivity contribution in [1.82, 2.24) is 0 Å². The number of benzene rings is 1. The second kappa shape index (κ2) is 5.98. The van der Waals surface area contributed by atoms with Crippen LogP contribution in [0.2, 0.25) is 0 Å². The number of sulfone groups is 1. The summed E-state index contributed by atoms with van der Waals surface area (Å²) in [6.45, 7) is 2.01. The Bertz CT molecular complexity index is 485. The molecule has 1 unspecified atom stereocenters. The summed E-state index contributed by atoms with van der Waals surface area (Å²) in [4.78, 5) is 0. The first-order valence-electron chi connectivity index (χ1n) is 5.49. The lowest BCUT2D eigenvalue weighted by Gasteiger charge is -2.14. The van der Waals surface area contributed by atoms with Gasteiger partial charge in [-0.2, -0.15) is 0 Å². The molecule has 0 aromatic heterocycles. The van der Waals surface area contributed by atoms with Gasteiger partial charge in [0, 0.05) is 22.5 Å². The predicted octanol–water partition coefficient (Wildman–Crippen LogP) is 2.58. The van der Waals surface area contributed by atoms with E-state index < -0.39 is 9.84 Å². The third-order valence-electron chi connectivity index (χ3n) is 2.66. The molecule has 0 heterocycles. The van der Waals surface area contributed by atoms with Gasteiger partial charge < -0.3 is 5.73 Å². The maximum absolute atomic E-state index is 11.0. The van der Waals surface area contributed by atoms with Crippen molar-refractivity contribution in [2.24, 2.45) is 5.73 Å². The Morgan fingerprint density at radius 3 is 2.59 bits per heavy atom. The summed E-state index contributed by atoms with van der Waals surface area (Å²) in [5.74, 6) is 0.205. The average Bonchev–Trinajstić information content (AvgIpc) is 2.15. The van der Waals surface area contributed by atoms with Gasteiger partial charge in [0.1, 0.15) is 9.84 Å². The van der Waals surface area contributed by atoms with Gasteiger partial charge in [0.15, 0.2) is 0 Å². The van der Waals surface area contributed by atoms with Crippen LogP contribution in [0, 0.1) is 6.92 Å². The first-order valence-corrected chi connectivity index (χ1v) is 8.34. The normalized spacial score (nSPS) is 13.6. The van der Waals surface area contributed by atoms with Gasteiger partial charge in [-0.25, -0.2) is 8.42 Å². The number of hydrogen-bond donors (Lipinski definition) is 1. The molecule has 0 aliphatic carbocycles. The smallest absolute Gasteiger partial charge is 0.147 e. The molecular weight excluding hydrogens is 302 g/mol. The van der Waals surface area contributed by atoms with Crippen LogP contribution in [0.1, 0.15) is 30.0 Å². The Morgan fingerprint density at radius 2 is 2.06 bits per heavy atom. The summed E-state index contributed by atoms with van der Waals surface area (Å²) in [5.41, 5.74) is 8.28. The van der Waals surface area contributed by atoms with E-state index in [9.17, 15) is 8.42 Å². The summed E-state index contributed by atoms with van der Waals surface area (Å²) in [6, 6.07) is 5.87. The highest BCUT2D eigenvalue weighted by Gasteiger charge is 2.10. The van der Waals surface area contributed by atoms with Crippen LogP contribution in [-0.4, -0.2) is 20.4 Å². The lowest BCUT2D eigenvalue weighted by atomic mass is 9.99. The Hall–Kier alpha value is -0.390. The summed E-state index contributed by atoms with van der Waals surface area (Å²) in [7, 11) is -2.88. The molecule has 0 aliphatic heterocycles. The molecule has 3 nitrogen and oxygen atoms in total. The minimum absolute atomic E-state index is 0.0927. The van der Waals surface area contributed by atoms with E-state index in [0.29, 0.717) is 12.8 Å². The quantitative estimate of drug-likeness (QED) is 0.907. The summed E-state index contributed by atoms with van der Waals surface area (Å²) in [6.07, 6.45) is 2.55. The molecule has 17 heavy (non-hydrogen) atoms. The van der Waals surface area contributed by atoms with Crippen LogP contribution in [0.3, 0.4) is 0 Å². The zero-order valence-corrected chi connectivity index (χ0v) is 12.5. The van der Waals surface area contributed by atoms with E-state index in [4.69, 9.17) is 5.73 Å². The lowest BCUT2D eigenvalue weighted by Crippen LogP contribution is -2.13. The van der Waals surface area contributed by atoms with E-state index >= 15 is 0 Å². The molecule has 5 heteroatoms. The van der Waals surface area contributed by atoms with Crippen molar-refractivity contribution in [1.29, 1.82) is 0 Å². The molecular formula is C12H18BrNO2S. The fourth-order valence-corrected chi connectivity index (χ4v) is 2.94. The van der Waals surface area contributed by atoms with Gasteiger partial charge in [-0.3, -0.25) is 0 Å². The minimum Gasteiger partial charge on any atom is -0.324 e. The summed E-state index contributed by atoms with van der Waals surface area (Å²) < 4.78 is 23.1. The molecule has 0 fully saturated rings. The van der Waals surface area contributed by atoms with Gasteiger partial charge in [-0.05, 0) is 43.0 Å². The van der Waals surface area contributed by atoms with Crippen molar-refractivity contribution in [3.8, 4) is 0 Å². The molecule has 2 N–H and O–H groups in total. The highest BCUT2D eigenvalue weighted by atomic mass is 79.9. The second-order valence-corrected chi connectivity index (χ2v) is 7.55. The van der Waals surface area contributed by atoms with Crippen LogP contribution >= 0.6 is 15.9 Å². The fourth-order valence-electron chi connectivity index (χ4n) is 1.78. The fraction of sp³-hybridized carbons (Fsp3) is 0.500. The summed E-state index contributed by atoms with van der Waals surface area (Å²) >= 11 is 3.40. The Labute approximate surface area is 111 Å². The van der Waals surface area contributed by atoms with Crippen LogP contribution in [-0.2, 0) is 9.84 Å². The van der Waals surface area contributed by atoms with Crippen molar-refractivity contribution in [2.75, 3.05) is 12.0 Å². The highest BCUT2D eigenvalue weighted by Crippen LogP contribution is 2.23. The Morgan fingerprint density at radius 1 is 1.41 bits per heavy atom. The second-order valence-electron chi connectivity index (χ2n) is 4.38. The minimum atomic E-state index is -2.88. The third kappa shape index (κ3) is 5.19.